The number of halogens is 6. The molecule has 0 aliphatic carbocycles. The fourth-order valence-corrected chi connectivity index (χ4v) is 5.43. The summed E-state index contributed by atoms with van der Waals surface area (Å²) < 4.78 is 85.2. The van der Waals surface area contributed by atoms with Gasteiger partial charge in [-0.1, -0.05) is 0 Å². The number of aliphatic hydroxyl groups is 2. The number of carbonyl (C=O) groups is 3. The maximum atomic E-state index is 13.5. The topological polar surface area (TPSA) is 203 Å². The van der Waals surface area contributed by atoms with Crippen molar-refractivity contribution in [2.24, 2.45) is 0 Å². The predicted molar refractivity (Wildman–Crippen MR) is 120 cm³/mol. The van der Waals surface area contributed by atoms with Crippen molar-refractivity contribution in [1.29, 1.82) is 10.8 Å². The molecule has 222 valence electrons. The Morgan fingerprint density at radius 3 is 2.37 bits per heavy atom. The highest BCUT2D eigenvalue weighted by molar-refractivity contribution is 6.02. The van der Waals surface area contributed by atoms with Gasteiger partial charge in [-0.05, 0) is 18.2 Å². The highest BCUT2D eigenvalue weighted by atomic mass is 19.4. The normalized spacial score (nSPS) is 28.9. The molecule has 0 radical (unpaired) electrons. The number of guanidine groups is 2. The lowest BCUT2D eigenvalue weighted by Crippen LogP contribution is -2.81. The summed E-state index contributed by atoms with van der Waals surface area (Å²) in [4.78, 5) is 38.7. The molecule has 1 aromatic rings. The second kappa shape index (κ2) is 8.83. The Balaban J connectivity index is 1.49. The average molecular weight is 594 g/mol. The third kappa shape index (κ3) is 4.24. The van der Waals surface area contributed by atoms with E-state index in [0.717, 1.165) is 9.80 Å². The average Bonchev–Trinajstić information content (AvgIpc) is 3.45. The van der Waals surface area contributed by atoms with E-state index in [2.05, 4.69) is 21.3 Å². The monoisotopic (exact) mass is 594 g/mol. The summed E-state index contributed by atoms with van der Waals surface area (Å²) in [7, 11) is 0. The summed E-state index contributed by atoms with van der Waals surface area (Å²) in [6, 6.07) is -3.19. The van der Waals surface area contributed by atoms with E-state index >= 15 is 0 Å². The molecule has 0 bridgehead atoms. The highest BCUT2D eigenvalue weighted by Gasteiger charge is 2.75. The number of hydrogen-bond acceptors (Lipinski definition) is 8. The summed E-state index contributed by atoms with van der Waals surface area (Å²) >= 11 is 0. The first kappa shape index (κ1) is 28.2. The van der Waals surface area contributed by atoms with Crippen LogP contribution in [0.3, 0.4) is 0 Å². The van der Waals surface area contributed by atoms with Gasteiger partial charge in [0.1, 0.15) is 0 Å². The molecular weight excluding hydrogens is 574 g/mol. The molecule has 3 amide bonds. The van der Waals surface area contributed by atoms with E-state index in [4.69, 9.17) is 15.6 Å². The number of ether oxygens (including phenoxy) is 1. The van der Waals surface area contributed by atoms with Gasteiger partial charge in [0.05, 0.1) is 48.4 Å². The fourth-order valence-electron chi connectivity index (χ4n) is 5.43. The number of benzene rings is 1. The standard InChI is InChI=1S/C21H20F6N8O6/c22-20(23,24)7-1-2-9(21(25,26)27)8(3-7)14(37)41-11-6-35-16(29)31-10(5-34-12(36)4-30-17(34)38)13-18(35,19(11,39)40)33-15(28)32-13/h1-3,10-11,13,39-40H,4-6H2,(H2,29,31)(H,30,38)(H3,28,32,33)/t10-,11-,13-,18?/m0/s1. The molecule has 1 spiro atoms. The molecule has 4 saturated heterocycles. The van der Waals surface area contributed by atoms with Crippen LogP contribution in [-0.4, -0.2) is 99.1 Å². The first-order chi connectivity index (χ1) is 18.9. The molecule has 1 aromatic carbocycles. The van der Waals surface area contributed by atoms with E-state index in [1.54, 1.807) is 0 Å². The van der Waals surface area contributed by atoms with Gasteiger partial charge in [0.15, 0.2) is 23.7 Å². The van der Waals surface area contributed by atoms with Gasteiger partial charge in [-0.3, -0.25) is 20.5 Å². The number of imide groups is 1. The summed E-state index contributed by atoms with van der Waals surface area (Å²) in [6.07, 6.45) is -12.6. The molecular formula is C21H20F6N8O6. The van der Waals surface area contributed by atoms with Crippen LogP contribution in [0.1, 0.15) is 21.5 Å². The molecule has 5 rings (SSSR count). The molecule has 41 heavy (non-hydrogen) atoms. The van der Waals surface area contributed by atoms with Crippen molar-refractivity contribution in [3.8, 4) is 0 Å². The van der Waals surface area contributed by atoms with Crippen molar-refractivity contribution in [1.82, 2.24) is 31.1 Å². The van der Waals surface area contributed by atoms with Crippen LogP contribution in [-0.2, 0) is 21.9 Å². The second-order valence-corrected chi connectivity index (χ2v) is 9.64. The zero-order chi connectivity index (χ0) is 30.3. The Labute approximate surface area is 224 Å². The van der Waals surface area contributed by atoms with E-state index < -0.39 is 102 Å². The molecule has 8 N–H and O–H groups in total. The van der Waals surface area contributed by atoms with Gasteiger partial charge in [0.2, 0.25) is 11.7 Å². The molecule has 4 heterocycles. The Morgan fingerprint density at radius 1 is 1.10 bits per heavy atom. The third-order valence-electron chi connectivity index (χ3n) is 7.28. The van der Waals surface area contributed by atoms with Crippen LogP contribution in [0.25, 0.3) is 0 Å². The molecule has 4 atom stereocenters. The number of rotatable bonds is 4. The molecule has 14 nitrogen and oxygen atoms in total. The van der Waals surface area contributed by atoms with Crippen molar-refractivity contribution in [2.45, 2.75) is 42.0 Å². The number of urea groups is 1. The predicted octanol–water partition coefficient (Wildman–Crippen LogP) is -1.10. The van der Waals surface area contributed by atoms with Crippen LogP contribution in [0.4, 0.5) is 31.1 Å². The van der Waals surface area contributed by atoms with Gasteiger partial charge in [-0.15, -0.1) is 0 Å². The van der Waals surface area contributed by atoms with Crippen molar-refractivity contribution in [2.75, 3.05) is 19.6 Å². The Hall–Kier alpha value is -4.33. The molecule has 4 fully saturated rings. The maximum Gasteiger partial charge on any atom is 0.417 e. The van der Waals surface area contributed by atoms with Gasteiger partial charge in [0, 0.05) is 0 Å². The lowest BCUT2D eigenvalue weighted by atomic mass is 9.85. The molecule has 4 aliphatic rings. The van der Waals surface area contributed by atoms with E-state index in [1.807, 2.05) is 0 Å². The van der Waals surface area contributed by atoms with E-state index in [-0.39, 0.29) is 24.7 Å². The number of nitrogens with one attached hydrogen (secondary N) is 6. The van der Waals surface area contributed by atoms with Gasteiger partial charge in [0.25, 0.3) is 0 Å². The largest absolute Gasteiger partial charge is 0.451 e. The van der Waals surface area contributed by atoms with E-state index in [0.29, 0.717) is 0 Å². The quantitative estimate of drug-likeness (QED) is 0.0915. The van der Waals surface area contributed by atoms with Crippen LogP contribution in [0.2, 0.25) is 0 Å². The van der Waals surface area contributed by atoms with Gasteiger partial charge >= 0.3 is 24.4 Å². The lowest BCUT2D eigenvalue weighted by Gasteiger charge is -2.51. The third-order valence-corrected chi connectivity index (χ3v) is 7.28. The minimum Gasteiger partial charge on any atom is -0.451 e. The fraction of sp³-hybridized carbons (Fsp3) is 0.476. The van der Waals surface area contributed by atoms with Crippen LogP contribution in [0.5, 0.6) is 0 Å². The van der Waals surface area contributed by atoms with Crippen molar-refractivity contribution in [3.05, 3.63) is 34.9 Å². The van der Waals surface area contributed by atoms with E-state index in [9.17, 15) is 50.9 Å². The summed E-state index contributed by atoms with van der Waals surface area (Å²) in [6.45, 7) is -1.53. The van der Waals surface area contributed by atoms with E-state index in [1.165, 1.54) is 0 Å². The maximum absolute atomic E-state index is 13.5. The summed E-state index contributed by atoms with van der Waals surface area (Å²) in [5.41, 5.74) is -7.23. The van der Waals surface area contributed by atoms with Crippen LogP contribution in [0, 0.1) is 10.8 Å². The van der Waals surface area contributed by atoms with Crippen molar-refractivity contribution in [3.63, 3.8) is 0 Å². The van der Waals surface area contributed by atoms with Crippen molar-refractivity contribution >= 4 is 29.8 Å². The van der Waals surface area contributed by atoms with Crippen molar-refractivity contribution < 1.29 is 55.7 Å². The van der Waals surface area contributed by atoms with Gasteiger partial charge in [-0.25, -0.2) is 9.59 Å². The SMILES string of the molecule is N=C1N[C@H]2[C@H](CN3C(=O)CNC3=O)NC(=N)N3C[C@H](OC(=O)c4cc(C(F)(F)F)ccc4C(F)(F)F)C(O)(O)C23N1. The Bertz CT molecular complexity index is 1350. The smallest absolute Gasteiger partial charge is 0.417 e. The second-order valence-electron chi connectivity index (χ2n) is 9.64. The van der Waals surface area contributed by atoms with Gasteiger partial charge in [-0.2, -0.15) is 26.3 Å². The molecule has 0 saturated carbocycles. The molecule has 4 aliphatic heterocycles. The minimum atomic E-state index is -5.28. The summed E-state index contributed by atoms with van der Waals surface area (Å²) in [5, 5.41) is 48.9. The number of nitrogens with zero attached hydrogens (tertiary/aromatic N) is 2. The number of amides is 3. The Morgan fingerprint density at radius 2 is 1.78 bits per heavy atom. The van der Waals surface area contributed by atoms with Crippen LogP contribution < -0.4 is 21.3 Å². The van der Waals surface area contributed by atoms with Crippen LogP contribution in [0.15, 0.2) is 18.2 Å². The highest BCUT2D eigenvalue weighted by Crippen LogP contribution is 2.45. The number of alkyl halides is 6. The van der Waals surface area contributed by atoms with Crippen LogP contribution >= 0.6 is 0 Å². The molecule has 1 unspecified atom stereocenters. The first-order valence-corrected chi connectivity index (χ1v) is 11.7. The number of carbonyl (C=O) groups excluding carboxylic acids is 3. The first-order valence-electron chi connectivity index (χ1n) is 11.7. The molecule has 20 heteroatoms. The summed E-state index contributed by atoms with van der Waals surface area (Å²) in [5.74, 6) is -7.02. The number of esters is 1. The number of hydrogen-bond donors (Lipinski definition) is 8. The zero-order valence-corrected chi connectivity index (χ0v) is 20.3. The van der Waals surface area contributed by atoms with Gasteiger partial charge < -0.3 is 41.1 Å². The minimum absolute atomic E-state index is 0.0426. The zero-order valence-electron chi connectivity index (χ0n) is 20.3. The lowest BCUT2D eigenvalue weighted by molar-refractivity contribution is -0.258. The molecule has 0 aromatic heterocycles. The Kier molecular flexibility index (Phi) is 6.08.